The van der Waals surface area contributed by atoms with Gasteiger partial charge in [-0.25, -0.2) is 0 Å². The molecular weight excluding hydrogens is 316 g/mol. The maximum atomic E-state index is 5.86. The van der Waals surface area contributed by atoms with Crippen molar-refractivity contribution in [3.05, 3.63) is 89.7 Å². The Hall–Kier alpha value is -2.28. The molecule has 0 heterocycles. The summed E-state index contributed by atoms with van der Waals surface area (Å²) in [6.45, 7) is 8.82. The molecule has 1 nitrogen and oxygen atoms in total. The molecule has 0 bridgehead atoms. The standard InChI is InChI=1S/C16H20O.C9H12/c1-3-5-14-6-4-7-16(12-14)17-15-10-8-13(2)9-11-15;1-8(2)9-6-4-3-5-7-9/h4,6-8,10-13H,3,5,9H2,1-2H3;3-8H,1-2H3. The van der Waals surface area contributed by atoms with Crippen LogP contribution in [0.1, 0.15) is 57.6 Å². The molecule has 1 heteroatoms. The molecule has 2 aromatic carbocycles. The van der Waals surface area contributed by atoms with Gasteiger partial charge in [0.05, 0.1) is 0 Å². The van der Waals surface area contributed by atoms with Gasteiger partial charge in [-0.1, -0.05) is 82.7 Å². The fourth-order valence-corrected chi connectivity index (χ4v) is 2.81. The van der Waals surface area contributed by atoms with Crippen LogP contribution in [0.3, 0.4) is 0 Å². The van der Waals surface area contributed by atoms with Crippen LogP contribution in [0.4, 0.5) is 0 Å². The van der Waals surface area contributed by atoms with Crippen molar-refractivity contribution < 1.29 is 4.74 Å². The Morgan fingerprint density at radius 2 is 1.81 bits per heavy atom. The Kier molecular flexibility index (Phi) is 8.21. The van der Waals surface area contributed by atoms with Gasteiger partial charge in [0.15, 0.2) is 0 Å². The number of aryl methyl sites for hydroxylation is 1. The van der Waals surface area contributed by atoms with E-state index < -0.39 is 0 Å². The Morgan fingerprint density at radius 1 is 1.04 bits per heavy atom. The van der Waals surface area contributed by atoms with E-state index in [1.54, 1.807) is 0 Å². The van der Waals surface area contributed by atoms with Crippen LogP contribution in [0, 0.1) is 5.92 Å². The van der Waals surface area contributed by atoms with Crippen molar-refractivity contribution in [1.29, 1.82) is 0 Å². The maximum Gasteiger partial charge on any atom is 0.127 e. The molecule has 1 atom stereocenters. The summed E-state index contributed by atoms with van der Waals surface area (Å²) in [7, 11) is 0. The monoisotopic (exact) mass is 348 g/mol. The Labute approximate surface area is 159 Å². The Bertz CT molecular complexity index is 710. The van der Waals surface area contributed by atoms with Crippen molar-refractivity contribution in [3.63, 3.8) is 0 Å². The fourth-order valence-electron chi connectivity index (χ4n) is 2.81. The molecule has 0 spiro atoms. The predicted octanol–water partition coefficient (Wildman–Crippen LogP) is 7.31. The zero-order valence-electron chi connectivity index (χ0n) is 16.6. The van der Waals surface area contributed by atoms with E-state index in [2.05, 4.69) is 88.4 Å². The topological polar surface area (TPSA) is 9.23 Å². The third-order valence-corrected chi connectivity index (χ3v) is 4.42. The third-order valence-electron chi connectivity index (χ3n) is 4.42. The molecular formula is C25H32O. The van der Waals surface area contributed by atoms with E-state index >= 15 is 0 Å². The van der Waals surface area contributed by atoms with Crippen molar-refractivity contribution in [2.45, 2.75) is 52.9 Å². The summed E-state index contributed by atoms with van der Waals surface area (Å²) in [6.07, 6.45) is 9.79. The van der Waals surface area contributed by atoms with Gasteiger partial charge in [0.2, 0.25) is 0 Å². The summed E-state index contributed by atoms with van der Waals surface area (Å²) in [5, 5.41) is 0. The highest BCUT2D eigenvalue weighted by Crippen LogP contribution is 2.21. The van der Waals surface area contributed by atoms with Crippen LogP contribution in [0.25, 0.3) is 0 Å². The first kappa shape index (κ1) is 20.0. The SMILES string of the molecule is CC(C)c1ccccc1.CCCc1cccc(OC2=CCC(C)C=C2)c1. The summed E-state index contributed by atoms with van der Waals surface area (Å²) in [5.74, 6) is 3.21. The quantitative estimate of drug-likeness (QED) is 0.550. The number of rotatable bonds is 5. The lowest BCUT2D eigenvalue weighted by atomic mass is 10.0. The minimum atomic E-state index is 0.633. The molecule has 1 unspecified atom stereocenters. The van der Waals surface area contributed by atoms with Crippen LogP contribution in [0.5, 0.6) is 5.75 Å². The molecule has 1 aliphatic rings. The predicted molar refractivity (Wildman–Crippen MR) is 113 cm³/mol. The first-order chi connectivity index (χ1) is 12.6. The minimum absolute atomic E-state index is 0.633. The van der Waals surface area contributed by atoms with Gasteiger partial charge in [0, 0.05) is 0 Å². The van der Waals surface area contributed by atoms with E-state index in [9.17, 15) is 0 Å². The average Bonchev–Trinajstić information content (AvgIpc) is 2.65. The molecule has 0 saturated heterocycles. The van der Waals surface area contributed by atoms with Crippen molar-refractivity contribution in [2.75, 3.05) is 0 Å². The molecule has 26 heavy (non-hydrogen) atoms. The third kappa shape index (κ3) is 6.92. The van der Waals surface area contributed by atoms with E-state index in [1.807, 2.05) is 12.1 Å². The van der Waals surface area contributed by atoms with Gasteiger partial charge in [-0.3, -0.25) is 0 Å². The summed E-state index contributed by atoms with van der Waals surface area (Å²) in [6, 6.07) is 18.9. The zero-order valence-corrected chi connectivity index (χ0v) is 16.6. The van der Waals surface area contributed by atoms with Gasteiger partial charge in [0.1, 0.15) is 11.5 Å². The normalized spacial score (nSPS) is 15.9. The number of ether oxygens (including phenoxy) is 1. The number of hydrogen-bond donors (Lipinski definition) is 0. The highest BCUT2D eigenvalue weighted by Gasteiger charge is 2.05. The van der Waals surface area contributed by atoms with Crippen molar-refractivity contribution in [2.24, 2.45) is 5.92 Å². The van der Waals surface area contributed by atoms with Gasteiger partial charge in [-0.15, -0.1) is 0 Å². The lowest BCUT2D eigenvalue weighted by molar-refractivity contribution is 0.434. The lowest BCUT2D eigenvalue weighted by Crippen LogP contribution is -2.00. The van der Waals surface area contributed by atoms with Crippen LogP contribution >= 0.6 is 0 Å². The van der Waals surface area contributed by atoms with Crippen LogP contribution in [-0.4, -0.2) is 0 Å². The summed E-state index contributed by atoms with van der Waals surface area (Å²) in [5.41, 5.74) is 2.76. The van der Waals surface area contributed by atoms with Gasteiger partial charge in [-0.2, -0.15) is 0 Å². The van der Waals surface area contributed by atoms with E-state index in [1.165, 1.54) is 17.5 Å². The van der Waals surface area contributed by atoms with Crippen LogP contribution in [-0.2, 0) is 6.42 Å². The Balaban J connectivity index is 0.000000228. The highest BCUT2D eigenvalue weighted by molar-refractivity contribution is 5.32. The zero-order chi connectivity index (χ0) is 18.8. The molecule has 0 fully saturated rings. The highest BCUT2D eigenvalue weighted by atomic mass is 16.5. The van der Waals surface area contributed by atoms with E-state index in [0.29, 0.717) is 11.8 Å². The summed E-state index contributed by atoms with van der Waals surface area (Å²) >= 11 is 0. The number of benzene rings is 2. The van der Waals surface area contributed by atoms with Gasteiger partial charge in [-0.05, 0) is 60.1 Å². The van der Waals surface area contributed by atoms with Gasteiger partial charge in [0.25, 0.3) is 0 Å². The molecule has 0 amide bonds. The number of hydrogen-bond acceptors (Lipinski definition) is 1. The molecule has 0 aliphatic heterocycles. The van der Waals surface area contributed by atoms with Crippen LogP contribution < -0.4 is 4.74 Å². The molecule has 1 aliphatic carbocycles. The first-order valence-corrected chi connectivity index (χ1v) is 9.78. The van der Waals surface area contributed by atoms with Gasteiger partial charge < -0.3 is 4.74 Å². The fraction of sp³-hybridized carbons (Fsp3) is 0.360. The second kappa shape index (κ2) is 10.7. The van der Waals surface area contributed by atoms with Crippen LogP contribution in [0.15, 0.2) is 78.6 Å². The smallest absolute Gasteiger partial charge is 0.127 e. The van der Waals surface area contributed by atoms with Crippen molar-refractivity contribution in [1.82, 2.24) is 0 Å². The van der Waals surface area contributed by atoms with E-state index in [4.69, 9.17) is 4.74 Å². The first-order valence-electron chi connectivity index (χ1n) is 9.78. The second-order valence-electron chi connectivity index (χ2n) is 7.24. The molecule has 2 aromatic rings. The second-order valence-corrected chi connectivity index (χ2v) is 7.24. The van der Waals surface area contributed by atoms with Crippen molar-refractivity contribution in [3.8, 4) is 5.75 Å². The maximum absolute atomic E-state index is 5.86. The molecule has 0 N–H and O–H groups in total. The van der Waals surface area contributed by atoms with E-state index in [-0.39, 0.29) is 0 Å². The summed E-state index contributed by atoms with van der Waals surface area (Å²) < 4.78 is 5.86. The Morgan fingerprint density at radius 3 is 2.38 bits per heavy atom. The minimum Gasteiger partial charge on any atom is -0.458 e. The van der Waals surface area contributed by atoms with Gasteiger partial charge >= 0.3 is 0 Å². The molecule has 3 rings (SSSR count). The lowest BCUT2D eigenvalue weighted by Gasteiger charge is -2.13. The average molecular weight is 349 g/mol. The molecule has 0 saturated carbocycles. The van der Waals surface area contributed by atoms with E-state index in [0.717, 1.165) is 24.4 Å². The number of allylic oxidation sites excluding steroid dienone is 3. The molecule has 0 radical (unpaired) electrons. The van der Waals surface area contributed by atoms with Crippen LogP contribution in [0.2, 0.25) is 0 Å². The molecule has 138 valence electrons. The largest absolute Gasteiger partial charge is 0.458 e. The summed E-state index contributed by atoms with van der Waals surface area (Å²) in [4.78, 5) is 0. The molecule has 0 aromatic heterocycles. The van der Waals surface area contributed by atoms with Crippen molar-refractivity contribution >= 4 is 0 Å².